The lowest BCUT2D eigenvalue weighted by Crippen LogP contribution is -2.36. The molecule has 1 aliphatic rings. The zero-order chi connectivity index (χ0) is 17.2. The first-order valence-electron chi connectivity index (χ1n) is 9.21. The van der Waals surface area contributed by atoms with E-state index in [9.17, 15) is 0 Å². The third kappa shape index (κ3) is 9.86. The number of nitrogens with two attached hydrogens (primary N) is 1. The van der Waals surface area contributed by atoms with Gasteiger partial charge in [0.1, 0.15) is 0 Å². The molecule has 0 saturated carbocycles. The van der Waals surface area contributed by atoms with Gasteiger partial charge in [-0.2, -0.15) is 0 Å². The predicted octanol–water partition coefficient (Wildman–Crippen LogP) is 4.93. The fourth-order valence-electron chi connectivity index (χ4n) is 3.27. The molecule has 0 bridgehead atoms. The number of piperidine rings is 1. The van der Waals surface area contributed by atoms with E-state index in [1.165, 1.54) is 58.2 Å². The van der Waals surface area contributed by atoms with Crippen molar-refractivity contribution in [2.75, 3.05) is 26.2 Å². The Hall–Kier alpha value is -0.680. The summed E-state index contributed by atoms with van der Waals surface area (Å²) in [5.74, 6) is 0.151. The summed E-state index contributed by atoms with van der Waals surface area (Å²) in [4.78, 5) is 4.54. The molecule has 1 aliphatic heterocycles. The SMILES string of the molecule is Cl.Cl.N=C(N)N(CCCCCCN1CCCCC1)Cc1ccc(Cl)cc1. The van der Waals surface area contributed by atoms with Crippen molar-refractivity contribution in [2.24, 2.45) is 5.73 Å². The van der Waals surface area contributed by atoms with E-state index in [4.69, 9.17) is 22.7 Å². The van der Waals surface area contributed by atoms with E-state index >= 15 is 0 Å². The second-order valence-corrected chi connectivity index (χ2v) is 7.19. The summed E-state index contributed by atoms with van der Waals surface area (Å²) >= 11 is 5.91. The van der Waals surface area contributed by atoms with Crippen molar-refractivity contribution in [1.82, 2.24) is 9.80 Å². The van der Waals surface area contributed by atoms with E-state index in [1.54, 1.807) is 0 Å². The average molecular weight is 424 g/mol. The highest BCUT2D eigenvalue weighted by Crippen LogP contribution is 2.13. The van der Waals surface area contributed by atoms with Gasteiger partial charge in [0.25, 0.3) is 0 Å². The van der Waals surface area contributed by atoms with Crippen molar-refractivity contribution in [2.45, 2.75) is 51.5 Å². The molecule has 1 saturated heterocycles. The Morgan fingerprint density at radius 3 is 2.23 bits per heavy atom. The molecule has 1 fully saturated rings. The Morgan fingerprint density at radius 1 is 1.00 bits per heavy atom. The maximum atomic E-state index is 7.76. The molecule has 150 valence electrons. The molecule has 0 unspecified atom stereocenters. The topological polar surface area (TPSA) is 56.4 Å². The smallest absolute Gasteiger partial charge is 0.188 e. The van der Waals surface area contributed by atoms with Gasteiger partial charge in [-0.3, -0.25) is 5.41 Å². The minimum atomic E-state index is 0. The number of likely N-dealkylation sites (tertiary alicyclic amines) is 1. The maximum absolute atomic E-state index is 7.76. The zero-order valence-corrected chi connectivity index (χ0v) is 17.8. The molecule has 4 nitrogen and oxygen atoms in total. The fraction of sp³-hybridized carbons (Fsp3) is 0.632. The third-order valence-electron chi connectivity index (χ3n) is 4.73. The quantitative estimate of drug-likeness (QED) is 0.336. The lowest BCUT2D eigenvalue weighted by Gasteiger charge is -2.26. The molecule has 2 rings (SSSR count). The zero-order valence-electron chi connectivity index (χ0n) is 15.5. The van der Waals surface area contributed by atoms with Crippen LogP contribution < -0.4 is 5.73 Å². The summed E-state index contributed by atoms with van der Waals surface area (Å²) in [7, 11) is 0. The monoisotopic (exact) mass is 422 g/mol. The third-order valence-corrected chi connectivity index (χ3v) is 4.98. The number of nitrogens with one attached hydrogen (secondary N) is 1. The summed E-state index contributed by atoms with van der Waals surface area (Å²) in [5.41, 5.74) is 6.87. The molecule has 1 aromatic carbocycles. The van der Waals surface area contributed by atoms with Crippen molar-refractivity contribution in [1.29, 1.82) is 5.41 Å². The number of benzene rings is 1. The van der Waals surface area contributed by atoms with Crippen LogP contribution in [0.25, 0.3) is 0 Å². The van der Waals surface area contributed by atoms with Crippen LogP contribution in [0.4, 0.5) is 0 Å². The number of halogens is 3. The second-order valence-electron chi connectivity index (χ2n) is 6.75. The lowest BCUT2D eigenvalue weighted by atomic mass is 10.1. The van der Waals surface area contributed by atoms with Crippen LogP contribution in [0.1, 0.15) is 50.5 Å². The van der Waals surface area contributed by atoms with Crippen molar-refractivity contribution < 1.29 is 0 Å². The van der Waals surface area contributed by atoms with Crippen LogP contribution in [-0.4, -0.2) is 41.9 Å². The van der Waals surface area contributed by atoms with Crippen LogP contribution in [0.15, 0.2) is 24.3 Å². The molecule has 7 heteroatoms. The first kappa shape index (κ1) is 25.3. The van der Waals surface area contributed by atoms with Crippen LogP contribution in [0.2, 0.25) is 5.02 Å². The Morgan fingerprint density at radius 2 is 1.62 bits per heavy atom. The molecule has 1 heterocycles. The van der Waals surface area contributed by atoms with Crippen molar-refractivity contribution in [3.63, 3.8) is 0 Å². The molecule has 1 aromatic rings. The Balaban J connectivity index is 0.00000312. The Labute approximate surface area is 175 Å². The van der Waals surface area contributed by atoms with Crippen molar-refractivity contribution >= 4 is 42.4 Å². The van der Waals surface area contributed by atoms with Gasteiger partial charge in [-0.1, -0.05) is 43.0 Å². The van der Waals surface area contributed by atoms with Crippen LogP contribution in [0.5, 0.6) is 0 Å². The number of unbranched alkanes of at least 4 members (excludes halogenated alkanes) is 3. The van der Waals surface area contributed by atoms with E-state index < -0.39 is 0 Å². The van der Waals surface area contributed by atoms with E-state index in [2.05, 4.69) is 4.90 Å². The standard InChI is InChI=1S/C19H31ClN4.2ClH/c20-18-10-8-17(9-11-18)16-24(19(21)22)15-7-2-1-4-12-23-13-5-3-6-14-23;;/h8-11H,1-7,12-16H2,(H3,21,22);2*1H. The van der Waals surface area contributed by atoms with Gasteiger partial charge >= 0.3 is 0 Å². The molecule has 0 spiro atoms. The Kier molecular flexibility index (Phi) is 14.0. The van der Waals surface area contributed by atoms with Crippen LogP contribution in [0.3, 0.4) is 0 Å². The van der Waals surface area contributed by atoms with Gasteiger partial charge in [0.15, 0.2) is 5.96 Å². The number of hydrogen-bond acceptors (Lipinski definition) is 2. The van der Waals surface area contributed by atoms with Gasteiger partial charge in [-0.15, -0.1) is 24.8 Å². The summed E-state index contributed by atoms with van der Waals surface area (Å²) in [6.07, 6.45) is 9.01. The normalized spacial score (nSPS) is 14.2. The Bertz CT molecular complexity index is 490. The molecule has 3 N–H and O–H groups in total. The fourth-order valence-corrected chi connectivity index (χ4v) is 3.40. The van der Waals surface area contributed by atoms with E-state index in [-0.39, 0.29) is 30.8 Å². The molecule has 0 aliphatic carbocycles. The predicted molar refractivity (Wildman–Crippen MR) is 117 cm³/mol. The minimum absolute atomic E-state index is 0. The van der Waals surface area contributed by atoms with Crippen LogP contribution in [0, 0.1) is 5.41 Å². The maximum Gasteiger partial charge on any atom is 0.188 e. The molecule has 26 heavy (non-hydrogen) atoms. The summed E-state index contributed by atoms with van der Waals surface area (Å²) in [6, 6.07) is 7.76. The molecule has 0 amide bonds. The molecule has 0 radical (unpaired) electrons. The van der Waals surface area contributed by atoms with Gasteiger partial charge in [0, 0.05) is 18.1 Å². The highest BCUT2D eigenvalue weighted by Gasteiger charge is 2.10. The molecular weight excluding hydrogens is 391 g/mol. The average Bonchev–Trinajstić information content (AvgIpc) is 2.59. The highest BCUT2D eigenvalue weighted by molar-refractivity contribution is 6.30. The van der Waals surface area contributed by atoms with E-state index in [0.717, 1.165) is 23.6 Å². The summed E-state index contributed by atoms with van der Waals surface area (Å²) in [5, 5.41) is 8.50. The largest absolute Gasteiger partial charge is 0.370 e. The van der Waals surface area contributed by atoms with E-state index in [1.807, 2.05) is 29.2 Å². The van der Waals surface area contributed by atoms with Gasteiger partial charge in [0.2, 0.25) is 0 Å². The van der Waals surface area contributed by atoms with Crippen molar-refractivity contribution in [3.05, 3.63) is 34.9 Å². The molecule has 0 atom stereocenters. The number of guanidine groups is 1. The first-order valence-corrected chi connectivity index (χ1v) is 9.59. The van der Waals surface area contributed by atoms with Crippen LogP contribution >= 0.6 is 36.4 Å². The second kappa shape index (κ2) is 14.4. The van der Waals surface area contributed by atoms with Gasteiger partial charge < -0.3 is 15.5 Å². The van der Waals surface area contributed by atoms with Gasteiger partial charge in [-0.25, -0.2) is 0 Å². The number of rotatable bonds is 9. The summed E-state index contributed by atoms with van der Waals surface area (Å²) in [6.45, 7) is 5.36. The first-order chi connectivity index (χ1) is 11.6. The molecule has 0 aromatic heterocycles. The lowest BCUT2D eigenvalue weighted by molar-refractivity contribution is 0.223. The number of hydrogen-bond donors (Lipinski definition) is 2. The summed E-state index contributed by atoms with van der Waals surface area (Å²) < 4.78 is 0. The van der Waals surface area contributed by atoms with Crippen molar-refractivity contribution in [3.8, 4) is 0 Å². The van der Waals surface area contributed by atoms with Gasteiger partial charge in [0.05, 0.1) is 0 Å². The minimum Gasteiger partial charge on any atom is -0.370 e. The van der Waals surface area contributed by atoms with Crippen LogP contribution in [-0.2, 0) is 6.54 Å². The number of nitrogens with zero attached hydrogens (tertiary/aromatic N) is 2. The van der Waals surface area contributed by atoms with Gasteiger partial charge in [-0.05, 0) is 63.0 Å². The van der Waals surface area contributed by atoms with E-state index in [0.29, 0.717) is 6.54 Å². The highest BCUT2D eigenvalue weighted by atomic mass is 35.5. The molecular formula is C19H33Cl3N4.